The predicted molar refractivity (Wildman–Crippen MR) is 90.1 cm³/mol. The molecule has 2 aromatic rings. The molecule has 0 spiro atoms. The molecule has 1 N–H and O–H groups in total. The van der Waals surface area contributed by atoms with Gasteiger partial charge in [0.25, 0.3) is 0 Å². The van der Waals surface area contributed by atoms with Crippen LogP contribution in [0.1, 0.15) is 16.0 Å². The highest BCUT2D eigenvalue weighted by molar-refractivity contribution is 7.10. The van der Waals surface area contributed by atoms with Crippen LogP contribution >= 0.6 is 11.3 Å². The summed E-state index contributed by atoms with van der Waals surface area (Å²) in [5.74, 6) is 0.964. The number of hydrogen-bond acceptors (Lipinski definition) is 4. The van der Waals surface area contributed by atoms with E-state index in [0.29, 0.717) is 0 Å². The van der Waals surface area contributed by atoms with Gasteiger partial charge in [0.15, 0.2) is 0 Å². The van der Waals surface area contributed by atoms with Crippen molar-refractivity contribution in [3.05, 3.63) is 51.7 Å². The molecule has 0 aliphatic carbocycles. The summed E-state index contributed by atoms with van der Waals surface area (Å²) in [4.78, 5) is 3.74. The zero-order chi connectivity index (χ0) is 15.1. The van der Waals surface area contributed by atoms with Crippen LogP contribution in [0.5, 0.6) is 5.75 Å². The normalized spacial score (nSPS) is 11.0. The zero-order valence-electron chi connectivity index (χ0n) is 13.1. The highest BCUT2D eigenvalue weighted by Gasteiger charge is 2.05. The van der Waals surface area contributed by atoms with Crippen LogP contribution in [0.25, 0.3) is 0 Å². The number of rotatable bonds is 8. The Hall–Kier alpha value is -1.36. The highest BCUT2D eigenvalue weighted by Crippen LogP contribution is 2.18. The van der Waals surface area contributed by atoms with Gasteiger partial charge in [0, 0.05) is 36.6 Å². The van der Waals surface area contributed by atoms with Gasteiger partial charge in [0.2, 0.25) is 0 Å². The van der Waals surface area contributed by atoms with E-state index >= 15 is 0 Å². The number of para-hydroxylation sites is 1. The van der Waals surface area contributed by atoms with Crippen LogP contribution in [-0.2, 0) is 13.1 Å². The first kappa shape index (κ1) is 16.0. The maximum atomic E-state index is 5.39. The smallest absolute Gasteiger partial charge is 0.123 e. The number of benzene rings is 1. The Bertz CT molecular complexity index is 553. The number of thiophene rings is 1. The molecule has 0 fully saturated rings. The molecule has 1 aromatic carbocycles. The maximum Gasteiger partial charge on any atom is 0.123 e. The molecule has 0 amide bonds. The van der Waals surface area contributed by atoms with Gasteiger partial charge in [0.1, 0.15) is 5.75 Å². The summed E-state index contributed by atoms with van der Waals surface area (Å²) in [5, 5.41) is 5.66. The molecule has 0 atom stereocenters. The van der Waals surface area contributed by atoms with E-state index in [1.54, 1.807) is 7.11 Å². The van der Waals surface area contributed by atoms with Gasteiger partial charge in [-0.25, -0.2) is 0 Å². The molecule has 114 valence electrons. The van der Waals surface area contributed by atoms with E-state index in [0.717, 1.165) is 31.9 Å². The van der Waals surface area contributed by atoms with Gasteiger partial charge in [-0.05, 0) is 37.0 Å². The van der Waals surface area contributed by atoms with Crippen molar-refractivity contribution in [2.45, 2.75) is 20.0 Å². The summed E-state index contributed by atoms with van der Waals surface area (Å²) in [5.41, 5.74) is 2.62. The predicted octanol–water partition coefficient (Wildman–Crippen LogP) is 3.29. The first-order chi connectivity index (χ1) is 10.2. The van der Waals surface area contributed by atoms with E-state index in [-0.39, 0.29) is 0 Å². The minimum absolute atomic E-state index is 0.906. The van der Waals surface area contributed by atoms with Crippen molar-refractivity contribution in [3.8, 4) is 5.75 Å². The molecule has 0 saturated carbocycles. The molecule has 4 heteroatoms. The SMILES string of the molecule is COc1ccccc1CN(C)CCNCc1sccc1C. The number of nitrogens with one attached hydrogen (secondary N) is 1. The van der Waals surface area contributed by atoms with E-state index in [2.05, 4.69) is 47.8 Å². The number of ether oxygens (including phenoxy) is 1. The van der Waals surface area contributed by atoms with Gasteiger partial charge < -0.3 is 15.0 Å². The molecule has 0 saturated heterocycles. The molecular weight excluding hydrogens is 280 g/mol. The molecule has 21 heavy (non-hydrogen) atoms. The van der Waals surface area contributed by atoms with Crippen LogP contribution in [0.3, 0.4) is 0 Å². The van der Waals surface area contributed by atoms with E-state index < -0.39 is 0 Å². The fraction of sp³-hybridized carbons (Fsp3) is 0.412. The van der Waals surface area contributed by atoms with Crippen molar-refractivity contribution in [1.29, 1.82) is 0 Å². The first-order valence-corrected chi connectivity index (χ1v) is 8.13. The maximum absolute atomic E-state index is 5.39. The van der Waals surface area contributed by atoms with E-state index in [1.165, 1.54) is 16.0 Å². The van der Waals surface area contributed by atoms with Crippen LogP contribution in [0.2, 0.25) is 0 Å². The monoisotopic (exact) mass is 304 g/mol. The van der Waals surface area contributed by atoms with Gasteiger partial charge in [0.05, 0.1) is 7.11 Å². The molecule has 1 aromatic heterocycles. The van der Waals surface area contributed by atoms with Crippen LogP contribution in [0.4, 0.5) is 0 Å². The van der Waals surface area contributed by atoms with Gasteiger partial charge in [-0.15, -0.1) is 11.3 Å². The Morgan fingerprint density at radius 2 is 2.05 bits per heavy atom. The molecule has 0 aliphatic rings. The Balaban J connectivity index is 1.72. The van der Waals surface area contributed by atoms with Crippen LogP contribution in [0, 0.1) is 6.92 Å². The van der Waals surface area contributed by atoms with Gasteiger partial charge in [-0.1, -0.05) is 18.2 Å². The fourth-order valence-electron chi connectivity index (χ4n) is 2.26. The van der Waals surface area contributed by atoms with Crippen molar-refractivity contribution in [2.24, 2.45) is 0 Å². The quantitative estimate of drug-likeness (QED) is 0.757. The van der Waals surface area contributed by atoms with Crippen molar-refractivity contribution < 1.29 is 4.74 Å². The zero-order valence-corrected chi connectivity index (χ0v) is 13.9. The molecule has 0 unspecified atom stereocenters. The van der Waals surface area contributed by atoms with Crippen LogP contribution < -0.4 is 10.1 Å². The first-order valence-electron chi connectivity index (χ1n) is 7.25. The summed E-state index contributed by atoms with van der Waals surface area (Å²) in [6.07, 6.45) is 0. The Morgan fingerprint density at radius 3 is 2.76 bits per heavy atom. The van der Waals surface area contributed by atoms with Crippen molar-refractivity contribution in [3.63, 3.8) is 0 Å². The lowest BCUT2D eigenvalue weighted by Crippen LogP contribution is -2.28. The van der Waals surface area contributed by atoms with Crippen molar-refractivity contribution >= 4 is 11.3 Å². The summed E-state index contributed by atoms with van der Waals surface area (Å²) < 4.78 is 5.39. The standard InChI is InChI=1S/C17H24N2OS/c1-14-8-11-21-17(14)12-18-9-10-19(2)13-15-6-4-5-7-16(15)20-3/h4-8,11,18H,9-10,12-13H2,1-3H3. The largest absolute Gasteiger partial charge is 0.496 e. The van der Waals surface area contributed by atoms with Crippen molar-refractivity contribution in [2.75, 3.05) is 27.2 Å². The van der Waals surface area contributed by atoms with E-state index in [9.17, 15) is 0 Å². The fourth-order valence-corrected chi connectivity index (χ4v) is 3.14. The number of aryl methyl sites for hydroxylation is 1. The topological polar surface area (TPSA) is 24.5 Å². The average Bonchev–Trinajstić information content (AvgIpc) is 2.89. The van der Waals surface area contributed by atoms with Gasteiger partial charge in [-0.2, -0.15) is 0 Å². The molecule has 3 nitrogen and oxygen atoms in total. The number of nitrogens with zero attached hydrogens (tertiary/aromatic N) is 1. The molecule has 1 heterocycles. The minimum atomic E-state index is 0.906. The third kappa shape index (κ3) is 4.84. The lowest BCUT2D eigenvalue weighted by molar-refractivity contribution is 0.315. The second-order valence-corrected chi connectivity index (χ2v) is 6.25. The Kier molecular flexibility index (Phi) is 6.23. The molecule has 2 rings (SSSR count). The molecule has 0 aliphatic heterocycles. The lowest BCUT2D eigenvalue weighted by Gasteiger charge is -2.18. The van der Waals surface area contributed by atoms with E-state index in [4.69, 9.17) is 4.74 Å². The third-order valence-electron chi connectivity index (χ3n) is 3.56. The summed E-state index contributed by atoms with van der Waals surface area (Å²) in [7, 11) is 3.87. The second-order valence-electron chi connectivity index (χ2n) is 5.25. The van der Waals surface area contributed by atoms with Crippen LogP contribution in [0.15, 0.2) is 35.7 Å². The summed E-state index contributed by atoms with van der Waals surface area (Å²) in [6, 6.07) is 10.4. The molecule has 0 bridgehead atoms. The Labute approximate surface area is 131 Å². The summed E-state index contributed by atoms with van der Waals surface area (Å²) >= 11 is 1.82. The van der Waals surface area contributed by atoms with Gasteiger partial charge in [-0.3, -0.25) is 0 Å². The van der Waals surface area contributed by atoms with Crippen molar-refractivity contribution in [1.82, 2.24) is 10.2 Å². The van der Waals surface area contributed by atoms with Crippen LogP contribution in [-0.4, -0.2) is 32.1 Å². The molecule has 0 radical (unpaired) electrons. The number of likely N-dealkylation sites (N-methyl/N-ethyl adjacent to an activating group) is 1. The Morgan fingerprint density at radius 1 is 1.24 bits per heavy atom. The molecular formula is C17H24N2OS. The lowest BCUT2D eigenvalue weighted by atomic mass is 10.2. The third-order valence-corrected chi connectivity index (χ3v) is 4.58. The second kappa shape index (κ2) is 8.17. The highest BCUT2D eigenvalue weighted by atomic mass is 32.1. The summed E-state index contributed by atoms with van der Waals surface area (Å²) in [6.45, 7) is 6.04. The number of hydrogen-bond donors (Lipinski definition) is 1. The van der Waals surface area contributed by atoms with Gasteiger partial charge >= 0.3 is 0 Å². The van der Waals surface area contributed by atoms with E-state index in [1.807, 2.05) is 23.5 Å². The average molecular weight is 304 g/mol. The number of methoxy groups -OCH3 is 1. The minimum Gasteiger partial charge on any atom is -0.496 e.